The number of hydrogen-bond donors (Lipinski definition) is 0. The highest BCUT2D eigenvalue weighted by Crippen LogP contribution is 2.37. The summed E-state index contributed by atoms with van der Waals surface area (Å²) in [6.07, 6.45) is 6.37. The largest absolute Gasteiger partial charge is 0.310 e. The van der Waals surface area contributed by atoms with Gasteiger partial charge in [0.05, 0.1) is 0 Å². The molecule has 0 aromatic heterocycles. The van der Waals surface area contributed by atoms with E-state index in [-0.39, 0.29) is 0 Å². The van der Waals surface area contributed by atoms with E-state index < -0.39 is 0 Å². The van der Waals surface area contributed by atoms with Gasteiger partial charge in [0.25, 0.3) is 0 Å². The second-order valence-electron chi connectivity index (χ2n) is 7.36. The average molecular weight is 388 g/mol. The summed E-state index contributed by atoms with van der Waals surface area (Å²) in [6.45, 7) is 8.19. The van der Waals surface area contributed by atoms with Gasteiger partial charge in [0.1, 0.15) is 0 Å². The van der Waals surface area contributed by atoms with Crippen molar-refractivity contribution in [2.45, 2.75) is 13.8 Å². The smallest absolute Gasteiger partial charge is 0.0493 e. The van der Waals surface area contributed by atoms with Crippen molar-refractivity contribution in [3.63, 3.8) is 0 Å². The molecule has 3 aromatic carbocycles. The Kier molecular flexibility index (Phi) is 5.68. The third-order valence-corrected chi connectivity index (χ3v) is 5.41. The van der Waals surface area contributed by atoms with Crippen molar-refractivity contribution in [1.82, 2.24) is 0 Å². The molecule has 146 valence electrons. The minimum Gasteiger partial charge on any atom is -0.310 e. The first-order valence-electron chi connectivity index (χ1n) is 10.2. The Morgan fingerprint density at radius 2 is 1.47 bits per heavy atom. The summed E-state index contributed by atoms with van der Waals surface area (Å²) in [5.74, 6) is 6.48. The molecule has 1 unspecified atom stereocenters. The van der Waals surface area contributed by atoms with E-state index in [1.165, 1.54) is 16.7 Å². The lowest BCUT2D eigenvalue weighted by molar-refractivity contribution is 0.820. The number of nitrogens with zero attached hydrogens (tertiary/aromatic N) is 1. The van der Waals surface area contributed by atoms with E-state index in [1.807, 2.05) is 19.1 Å². The first-order chi connectivity index (χ1) is 14.7. The van der Waals surface area contributed by atoms with Crippen molar-refractivity contribution in [3.8, 4) is 23.0 Å². The molecule has 4 rings (SSSR count). The van der Waals surface area contributed by atoms with E-state index in [0.717, 1.165) is 22.6 Å². The summed E-state index contributed by atoms with van der Waals surface area (Å²) in [4.78, 5) is 2.28. The second-order valence-corrected chi connectivity index (χ2v) is 7.36. The van der Waals surface area contributed by atoms with Crippen LogP contribution >= 0.6 is 0 Å². The fourth-order valence-corrected chi connectivity index (χ4v) is 3.74. The molecule has 3 aromatic rings. The molecule has 0 saturated carbocycles. The number of rotatable bonds is 5. The van der Waals surface area contributed by atoms with E-state index in [4.69, 9.17) is 0 Å². The van der Waals surface area contributed by atoms with Crippen LogP contribution in [-0.2, 0) is 0 Å². The zero-order valence-corrected chi connectivity index (χ0v) is 17.5. The van der Waals surface area contributed by atoms with Crippen LogP contribution in [0.3, 0.4) is 0 Å². The number of para-hydroxylation sites is 1. The van der Waals surface area contributed by atoms with Gasteiger partial charge in [-0.1, -0.05) is 74.0 Å². The number of allylic oxidation sites excluding steroid dienone is 4. The zero-order chi connectivity index (χ0) is 20.9. The lowest BCUT2D eigenvalue weighted by Gasteiger charge is -2.31. The van der Waals surface area contributed by atoms with E-state index in [2.05, 4.69) is 115 Å². The van der Waals surface area contributed by atoms with Crippen LogP contribution in [0.25, 0.3) is 11.1 Å². The number of anilines is 2. The van der Waals surface area contributed by atoms with Crippen molar-refractivity contribution in [2.75, 3.05) is 4.90 Å². The third-order valence-electron chi connectivity index (χ3n) is 5.41. The highest BCUT2D eigenvalue weighted by atomic mass is 15.1. The van der Waals surface area contributed by atoms with E-state index in [0.29, 0.717) is 5.92 Å². The minimum absolute atomic E-state index is 0.438. The third kappa shape index (κ3) is 3.86. The Bertz CT molecular complexity index is 1150. The fourth-order valence-electron chi connectivity index (χ4n) is 3.74. The molecule has 0 aliphatic heterocycles. The first kappa shape index (κ1) is 19.6. The maximum Gasteiger partial charge on any atom is 0.0493 e. The van der Waals surface area contributed by atoms with Gasteiger partial charge in [0, 0.05) is 28.6 Å². The molecule has 0 radical (unpaired) electrons. The quantitative estimate of drug-likeness (QED) is 0.409. The van der Waals surface area contributed by atoms with E-state index >= 15 is 0 Å². The summed E-state index contributed by atoms with van der Waals surface area (Å²) < 4.78 is 0. The maximum atomic E-state index is 4.11. The number of benzene rings is 3. The lowest BCUT2D eigenvalue weighted by atomic mass is 9.88. The summed E-state index contributed by atoms with van der Waals surface area (Å²) in [5.41, 5.74) is 8.10. The maximum absolute atomic E-state index is 4.11. The van der Waals surface area contributed by atoms with Crippen molar-refractivity contribution in [1.29, 1.82) is 0 Å². The van der Waals surface area contributed by atoms with Gasteiger partial charge in [-0.15, -0.1) is 5.92 Å². The van der Waals surface area contributed by atoms with Crippen molar-refractivity contribution in [2.24, 2.45) is 5.92 Å². The van der Waals surface area contributed by atoms with Crippen LogP contribution in [-0.4, -0.2) is 0 Å². The molecule has 1 aliphatic carbocycles. The molecule has 1 aliphatic rings. The predicted octanol–water partition coefficient (Wildman–Crippen LogP) is 7.51. The molecular formula is C29H25N. The van der Waals surface area contributed by atoms with Crippen molar-refractivity contribution < 1.29 is 0 Å². The van der Waals surface area contributed by atoms with Gasteiger partial charge in [0.15, 0.2) is 0 Å². The van der Waals surface area contributed by atoms with Crippen LogP contribution in [0.4, 0.5) is 11.4 Å². The van der Waals surface area contributed by atoms with Crippen LogP contribution < -0.4 is 4.90 Å². The monoisotopic (exact) mass is 387 g/mol. The minimum atomic E-state index is 0.438. The molecule has 1 heteroatoms. The van der Waals surface area contributed by atoms with Gasteiger partial charge in [-0.2, -0.15) is 0 Å². The van der Waals surface area contributed by atoms with Gasteiger partial charge in [-0.3, -0.25) is 0 Å². The normalized spacial score (nSPS) is 16.1. The summed E-state index contributed by atoms with van der Waals surface area (Å²) in [7, 11) is 0. The lowest BCUT2D eigenvalue weighted by Crippen LogP contribution is -2.20. The summed E-state index contributed by atoms with van der Waals surface area (Å²) in [6, 6.07) is 27.6. The predicted molar refractivity (Wildman–Crippen MR) is 129 cm³/mol. The molecule has 0 spiro atoms. The van der Waals surface area contributed by atoms with Crippen molar-refractivity contribution >= 4 is 11.4 Å². The van der Waals surface area contributed by atoms with Gasteiger partial charge in [0.2, 0.25) is 0 Å². The first-order valence-corrected chi connectivity index (χ1v) is 10.2. The Balaban J connectivity index is 1.73. The fraction of sp³-hybridized carbons (Fsp3) is 0.103. The topological polar surface area (TPSA) is 3.24 Å². The molecule has 1 nitrogen and oxygen atoms in total. The SMILES string of the molecule is C=C/C(=C1/C=CC1C)N(c1ccccc1)c1ccc(-c2ccc(C#CC)cc2)cc1. The standard InChI is InChI=1S/C29H25N/c1-4-9-23-13-15-24(16-14-23)25-17-19-27(20-18-25)30(26-10-7-6-8-11-26)29(5-2)28-21-12-22(28)3/h5-8,10-22H,2H2,1,3H3/b29-28+. The highest BCUT2D eigenvalue weighted by Gasteiger charge is 2.21. The van der Waals surface area contributed by atoms with Crippen molar-refractivity contribution in [3.05, 3.63) is 121 Å². The molecule has 30 heavy (non-hydrogen) atoms. The van der Waals surface area contributed by atoms with Crippen LogP contribution in [0, 0.1) is 17.8 Å². The van der Waals surface area contributed by atoms with Crippen LogP contribution in [0.15, 0.2) is 115 Å². The summed E-state index contributed by atoms with van der Waals surface area (Å²) >= 11 is 0. The molecule has 0 amide bonds. The van der Waals surface area contributed by atoms with Gasteiger partial charge in [-0.25, -0.2) is 0 Å². The Morgan fingerprint density at radius 3 is 1.97 bits per heavy atom. The molecular weight excluding hydrogens is 362 g/mol. The van der Waals surface area contributed by atoms with Gasteiger partial charge >= 0.3 is 0 Å². The summed E-state index contributed by atoms with van der Waals surface area (Å²) in [5, 5.41) is 0. The van der Waals surface area contributed by atoms with Crippen LogP contribution in [0.5, 0.6) is 0 Å². The zero-order valence-electron chi connectivity index (χ0n) is 17.5. The van der Waals surface area contributed by atoms with Crippen LogP contribution in [0.1, 0.15) is 19.4 Å². The Labute approximate surface area is 179 Å². The Hall–Kier alpha value is -3.76. The molecule has 0 saturated heterocycles. The molecule has 0 fully saturated rings. The molecule has 1 atom stereocenters. The van der Waals surface area contributed by atoms with E-state index in [9.17, 15) is 0 Å². The average Bonchev–Trinajstić information content (AvgIpc) is 2.79. The second kappa shape index (κ2) is 8.72. The van der Waals surface area contributed by atoms with Gasteiger partial charge < -0.3 is 4.90 Å². The van der Waals surface area contributed by atoms with Gasteiger partial charge in [-0.05, 0) is 66.1 Å². The Morgan fingerprint density at radius 1 is 0.867 bits per heavy atom. The molecule has 0 bridgehead atoms. The van der Waals surface area contributed by atoms with Crippen LogP contribution in [0.2, 0.25) is 0 Å². The molecule has 0 heterocycles. The molecule has 0 N–H and O–H groups in total. The van der Waals surface area contributed by atoms with E-state index in [1.54, 1.807) is 0 Å². The number of hydrogen-bond acceptors (Lipinski definition) is 1. The highest BCUT2D eigenvalue weighted by molar-refractivity contribution is 5.75.